The van der Waals surface area contributed by atoms with E-state index in [2.05, 4.69) is 52.1 Å². The van der Waals surface area contributed by atoms with Crippen LogP contribution >= 0.6 is 15.9 Å². The van der Waals surface area contributed by atoms with Crippen LogP contribution < -0.4 is 5.73 Å². The van der Waals surface area contributed by atoms with Crippen molar-refractivity contribution in [2.24, 2.45) is 0 Å². The van der Waals surface area contributed by atoms with Gasteiger partial charge in [0.25, 0.3) is 0 Å². The van der Waals surface area contributed by atoms with Crippen molar-refractivity contribution in [3.63, 3.8) is 0 Å². The number of aryl methyl sites for hydroxylation is 1. The Morgan fingerprint density at radius 3 is 2.60 bits per heavy atom. The Balaban J connectivity index is 2.68. The highest BCUT2D eigenvalue weighted by Gasteiger charge is 2.10. The lowest BCUT2D eigenvalue weighted by molar-refractivity contribution is 1.10. The second kappa shape index (κ2) is 3.70. The predicted molar refractivity (Wildman–Crippen MR) is 65.6 cm³/mol. The van der Waals surface area contributed by atoms with Crippen LogP contribution in [0.25, 0.3) is 11.1 Å². The first kappa shape index (κ1) is 10.2. The summed E-state index contributed by atoms with van der Waals surface area (Å²) in [5.74, 6) is 0.607. The van der Waals surface area contributed by atoms with Crippen LogP contribution in [0.5, 0.6) is 0 Å². The van der Waals surface area contributed by atoms with E-state index in [-0.39, 0.29) is 0 Å². The standard InChI is InChI=1S/C11H12BrN3/c1-6-3-8(7(2)10(12)4-6)9-5-14-15-11(9)13/h3-5H,1-2H3,(H3,13,14,15). The number of nitrogen functional groups attached to an aromatic ring is 1. The molecular formula is C11H12BrN3. The van der Waals surface area contributed by atoms with E-state index in [0.717, 1.165) is 15.6 Å². The van der Waals surface area contributed by atoms with Gasteiger partial charge in [-0.3, -0.25) is 5.10 Å². The number of anilines is 1. The number of nitrogens with zero attached hydrogens (tertiary/aromatic N) is 1. The first-order valence-corrected chi connectivity index (χ1v) is 5.45. The van der Waals surface area contributed by atoms with Crippen molar-refractivity contribution < 1.29 is 0 Å². The minimum absolute atomic E-state index is 0.607. The van der Waals surface area contributed by atoms with Crippen LogP contribution in [0.1, 0.15) is 11.1 Å². The molecule has 1 aromatic carbocycles. The zero-order valence-electron chi connectivity index (χ0n) is 8.63. The van der Waals surface area contributed by atoms with Gasteiger partial charge in [0.15, 0.2) is 0 Å². The van der Waals surface area contributed by atoms with E-state index in [1.165, 1.54) is 11.1 Å². The monoisotopic (exact) mass is 265 g/mol. The van der Waals surface area contributed by atoms with Crippen molar-refractivity contribution in [3.8, 4) is 11.1 Å². The molecule has 0 aliphatic rings. The van der Waals surface area contributed by atoms with E-state index >= 15 is 0 Å². The molecule has 2 rings (SSSR count). The Hall–Kier alpha value is -1.29. The maximum atomic E-state index is 5.81. The van der Waals surface area contributed by atoms with Crippen LogP contribution in [0.3, 0.4) is 0 Å². The van der Waals surface area contributed by atoms with Gasteiger partial charge in [0.05, 0.1) is 6.20 Å². The summed E-state index contributed by atoms with van der Waals surface area (Å²) in [4.78, 5) is 0. The summed E-state index contributed by atoms with van der Waals surface area (Å²) < 4.78 is 1.10. The molecule has 1 aromatic heterocycles. The molecule has 1 heterocycles. The van der Waals surface area contributed by atoms with Crippen LogP contribution in [-0.4, -0.2) is 10.2 Å². The van der Waals surface area contributed by atoms with Crippen LogP contribution in [0, 0.1) is 13.8 Å². The molecule has 0 saturated carbocycles. The lowest BCUT2D eigenvalue weighted by Gasteiger charge is -2.08. The van der Waals surface area contributed by atoms with Gasteiger partial charge in [-0.2, -0.15) is 5.10 Å². The molecule has 0 unspecified atom stereocenters. The lowest BCUT2D eigenvalue weighted by atomic mass is 10.0. The van der Waals surface area contributed by atoms with Gasteiger partial charge < -0.3 is 5.73 Å². The maximum Gasteiger partial charge on any atom is 0.126 e. The molecule has 0 spiro atoms. The molecule has 0 fully saturated rings. The van der Waals surface area contributed by atoms with E-state index in [9.17, 15) is 0 Å². The van der Waals surface area contributed by atoms with Gasteiger partial charge in [0, 0.05) is 10.0 Å². The zero-order valence-corrected chi connectivity index (χ0v) is 10.2. The number of rotatable bonds is 1. The van der Waals surface area contributed by atoms with E-state index in [0.29, 0.717) is 5.82 Å². The van der Waals surface area contributed by atoms with Crippen molar-refractivity contribution in [2.45, 2.75) is 13.8 Å². The first-order chi connectivity index (χ1) is 7.09. The van der Waals surface area contributed by atoms with Gasteiger partial charge in [0.1, 0.15) is 5.82 Å². The van der Waals surface area contributed by atoms with E-state index in [1.807, 2.05) is 0 Å². The minimum atomic E-state index is 0.607. The maximum absolute atomic E-state index is 5.81. The quantitative estimate of drug-likeness (QED) is 0.833. The number of hydrogen-bond acceptors (Lipinski definition) is 2. The van der Waals surface area contributed by atoms with Gasteiger partial charge in [-0.05, 0) is 36.6 Å². The molecule has 0 aliphatic carbocycles. The Bertz CT molecular complexity index is 503. The van der Waals surface area contributed by atoms with Gasteiger partial charge in [0.2, 0.25) is 0 Å². The third-order valence-electron chi connectivity index (χ3n) is 2.45. The Morgan fingerprint density at radius 2 is 2.00 bits per heavy atom. The second-order valence-electron chi connectivity index (χ2n) is 3.62. The molecule has 4 heteroatoms. The van der Waals surface area contributed by atoms with E-state index in [4.69, 9.17) is 5.73 Å². The molecule has 0 radical (unpaired) electrons. The Labute approximate surface area is 96.8 Å². The van der Waals surface area contributed by atoms with Crippen LogP contribution in [0.4, 0.5) is 5.82 Å². The van der Waals surface area contributed by atoms with Crippen LogP contribution in [0.15, 0.2) is 22.8 Å². The number of hydrogen-bond donors (Lipinski definition) is 2. The van der Waals surface area contributed by atoms with Gasteiger partial charge in [-0.1, -0.05) is 22.0 Å². The number of nitrogens with two attached hydrogens (primary N) is 1. The number of aromatic amines is 1. The van der Waals surface area contributed by atoms with Crippen molar-refractivity contribution in [1.29, 1.82) is 0 Å². The van der Waals surface area contributed by atoms with Crippen molar-refractivity contribution in [1.82, 2.24) is 10.2 Å². The average Bonchev–Trinajstić information content (AvgIpc) is 2.58. The first-order valence-electron chi connectivity index (χ1n) is 4.65. The van der Waals surface area contributed by atoms with E-state index in [1.54, 1.807) is 6.20 Å². The molecule has 0 atom stereocenters. The third-order valence-corrected chi connectivity index (χ3v) is 3.27. The summed E-state index contributed by atoms with van der Waals surface area (Å²) in [5.41, 5.74) is 10.3. The molecule has 0 aliphatic heterocycles. The lowest BCUT2D eigenvalue weighted by Crippen LogP contribution is -1.91. The molecule has 78 valence electrons. The molecule has 3 N–H and O–H groups in total. The molecule has 3 nitrogen and oxygen atoms in total. The molecule has 0 amide bonds. The van der Waals surface area contributed by atoms with Gasteiger partial charge in [-0.25, -0.2) is 0 Å². The summed E-state index contributed by atoms with van der Waals surface area (Å²) in [6, 6.07) is 4.20. The number of aromatic nitrogens is 2. The summed E-state index contributed by atoms with van der Waals surface area (Å²) >= 11 is 3.54. The summed E-state index contributed by atoms with van der Waals surface area (Å²) in [7, 11) is 0. The fourth-order valence-corrected chi connectivity index (χ4v) is 2.18. The van der Waals surface area contributed by atoms with E-state index < -0.39 is 0 Å². The summed E-state index contributed by atoms with van der Waals surface area (Å²) in [6.07, 6.45) is 1.75. The minimum Gasteiger partial charge on any atom is -0.384 e. The number of benzene rings is 1. The highest BCUT2D eigenvalue weighted by molar-refractivity contribution is 9.10. The number of halogens is 1. The molecule has 2 aromatic rings. The van der Waals surface area contributed by atoms with Crippen LogP contribution in [0.2, 0.25) is 0 Å². The number of nitrogens with one attached hydrogen (secondary N) is 1. The predicted octanol–water partition coefficient (Wildman–Crippen LogP) is 3.04. The third kappa shape index (κ3) is 1.77. The molecule has 0 bridgehead atoms. The SMILES string of the molecule is Cc1cc(Br)c(C)c(-c2cn[nH]c2N)c1. The van der Waals surface area contributed by atoms with Gasteiger partial charge >= 0.3 is 0 Å². The Kier molecular flexibility index (Phi) is 2.52. The topological polar surface area (TPSA) is 54.7 Å². The van der Waals surface area contributed by atoms with Crippen molar-refractivity contribution in [2.75, 3.05) is 5.73 Å². The Morgan fingerprint density at radius 1 is 1.27 bits per heavy atom. The largest absolute Gasteiger partial charge is 0.384 e. The zero-order chi connectivity index (χ0) is 11.0. The summed E-state index contributed by atoms with van der Waals surface area (Å²) in [6.45, 7) is 4.12. The molecule has 0 saturated heterocycles. The molecule has 15 heavy (non-hydrogen) atoms. The van der Waals surface area contributed by atoms with Gasteiger partial charge in [-0.15, -0.1) is 0 Å². The van der Waals surface area contributed by atoms with Crippen molar-refractivity contribution in [3.05, 3.63) is 33.9 Å². The fourth-order valence-electron chi connectivity index (χ4n) is 1.60. The fraction of sp³-hybridized carbons (Fsp3) is 0.182. The molecular weight excluding hydrogens is 254 g/mol. The highest BCUT2D eigenvalue weighted by Crippen LogP contribution is 2.32. The summed E-state index contributed by atoms with van der Waals surface area (Å²) in [5, 5.41) is 6.68. The van der Waals surface area contributed by atoms with Crippen molar-refractivity contribution >= 4 is 21.7 Å². The normalized spacial score (nSPS) is 10.6. The highest BCUT2D eigenvalue weighted by atomic mass is 79.9. The van der Waals surface area contributed by atoms with Crippen LogP contribution in [-0.2, 0) is 0 Å². The smallest absolute Gasteiger partial charge is 0.126 e. The number of H-pyrrole nitrogens is 1. The average molecular weight is 266 g/mol. The second-order valence-corrected chi connectivity index (χ2v) is 4.47.